The standard InChI is InChI=1S/C21H30N2OS/c1-6-18-10-7-9-16(4)20(18)22-21(25)23(13-12-15(2)3)17(5)19-11-8-14-24-19/h7-11,14-15,17H,6,12-13H2,1-5H3,(H,22,25)/t17-/m1/s1. The zero-order valence-corrected chi connectivity index (χ0v) is 16.8. The van der Waals surface area contributed by atoms with Gasteiger partial charge in [-0.25, -0.2) is 0 Å². The molecule has 1 atom stereocenters. The second-order valence-electron chi connectivity index (χ2n) is 6.96. The Morgan fingerprint density at radius 2 is 1.96 bits per heavy atom. The van der Waals surface area contributed by atoms with Gasteiger partial charge in [0.1, 0.15) is 5.76 Å². The summed E-state index contributed by atoms with van der Waals surface area (Å²) in [4.78, 5) is 2.24. The Bertz CT molecular complexity index is 679. The molecule has 0 unspecified atom stereocenters. The van der Waals surface area contributed by atoms with Gasteiger partial charge in [0.05, 0.1) is 12.3 Å². The molecule has 0 spiro atoms. The Kier molecular flexibility index (Phi) is 7.06. The molecule has 0 saturated carbocycles. The SMILES string of the molecule is CCc1cccc(C)c1NC(=S)N(CCC(C)C)[C@H](C)c1ccco1. The van der Waals surface area contributed by atoms with Gasteiger partial charge in [-0.3, -0.25) is 0 Å². The molecule has 2 aromatic rings. The van der Waals surface area contributed by atoms with Crippen LogP contribution in [0.2, 0.25) is 0 Å². The van der Waals surface area contributed by atoms with E-state index in [0.717, 1.165) is 35.9 Å². The molecule has 0 aliphatic rings. The molecule has 2 rings (SSSR count). The maximum atomic E-state index is 5.80. The van der Waals surface area contributed by atoms with E-state index in [1.54, 1.807) is 6.26 Å². The van der Waals surface area contributed by atoms with Crippen molar-refractivity contribution in [3.8, 4) is 0 Å². The topological polar surface area (TPSA) is 28.4 Å². The van der Waals surface area contributed by atoms with E-state index in [4.69, 9.17) is 16.6 Å². The lowest BCUT2D eigenvalue weighted by Gasteiger charge is -2.32. The van der Waals surface area contributed by atoms with E-state index in [-0.39, 0.29) is 6.04 Å². The van der Waals surface area contributed by atoms with Crippen LogP contribution in [-0.2, 0) is 6.42 Å². The maximum absolute atomic E-state index is 5.80. The smallest absolute Gasteiger partial charge is 0.174 e. The minimum atomic E-state index is 0.0999. The first kappa shape index (κ1) is 19.5. The zero-order valence-electron chi connectivity index (χ0n) is 16.0. The quantitative estimate of drug-likeness (QED) is 0.619. The van der Waals surface area contributed by atoms with Crippen molar-refractivity contribution in [1.29, 1.82) is 0 Å². The number of benzene rings is 1. The first-order chi connectivity index (χ1) is 11.9. The van der Waals surface area contributed by atoms with E-state index < -0.39 is 0 Å². The number of nitrogens with one attached hydrogen (secondary N) is 1. The summed E-state index contributed by atoms with van der Waals surface area (Å²) in [5.74, 6) is 1.56. The molecule has 3 nitrogen and oxygen atoms in total. The number of anilines is 1. The second kappa shape index (κ2) is 9.04. The predicted octanol–water partition coefficient (Wildman–Crippen LogP) is 5.96. The zero-order chi connectivity index (χ0) is 18.4. The average molecular weight is 359 g/mol. The summed E-state index contributed by atoms with van der Waals surface area (Å²) in [5, 5.41) is 4.27. The lowest BCUT2D eigenvalue weighted by molar-refractivity contribution is 0.281. The number of aryl methyl sites for hydroxylation is 2. The number of hydrogen-bond acceptors (Lipinski definition) is 2. The molecule has 0 amide bonds. The third kappa shape index (κ3) is 5.08. The normalized spacial score (nSPS) is 12.2. The molecule has 0 fully saturated rings. The number of thiocarbonyl (C=S) groups is 1. The number of rotatable bonds is 7. The van der Waals surface area contributed by atoms with Crippen LogP contribution >= 0.6 is 12.2 Å². The maximum Gasteiger partial charge on any atom is 0.174 e. The van der Waals surface area contributed by atoms with E-state index in [1.165, 1.54) is 11.1 Å². The summed E-state index contributed by atoms with van der Waals surface area (Å²) in [6.07, 6.45) is 3.78. The van der Waals surface area contributed by atoms with Gasteiger partial charge in [0.2, 0.25) is 0 Å². The van der Waals surface area contributed by atoms with Gasteiger partial charge in [0, 0.05) is 12.2 Å². The molecule has 1 N–H and O–H groups in total. The molecular weight excluding hydrogens is 328 g/mol. The van der Waals surface area contributed by atoms with Crippen LogP contribution in [-0.4, -0.2) is 16.6 Å². The van der Waals surface area contributed by atoms with Crippen molar-refractivity contribution in [3.63, 3.8) is 0 Å². The van der Waals surface area contributed by atoms with Gasteiger partial charge >= 0.3 is 0 Å². The highest BCUT2D eigenvalue weighted by molar-refractivity contribution is 7.80. The van der Waals surface area contributed by atoms with Crippen molar-refractivity contribution in [2.75, 3.05) is 11.9 Å². The molecule has 0 radical (unpaired) electrons. The van der Waals surface area contributed by atoms with Crippen molar-refractivity contribution < 1.29 is 4.42 Å². The summed E-state index contributed by atoms with van der Waals surface area (Å²) in [5.41, 5.74) is 3.64. The highest BCUT2D eigenvalue weighted by Crippen LogP contribution is 2.26. The fourth-order valence-corrected chi connectivity index (χ4v) is 3.28. The molecular formula is C21H30N2OS. The van der Waals surface area contributed by atoms with Crippen LogP contribution in [0.1, 0.15) is 57.0 Å². The monoisotopic (exact) mass is 358 g/mol. The largest absolute Gasteiger partial charge is 0.467 e. The third-order valence-corrected chi connectivity index (χ3v) is 4.94. The molecule has 4 heteroatoms. The molecule has 0 aliphatic carbocycles. The fourth-order valence-electron chi connectivity index (χ4n) is 2.93. The summed E-state index contributed by atoms with van der Waals surface area (Å²) in [6, 6.07) is 10.4. The van der Waals surface area contributed by atoms with Crippen molar-refractivity contribution in [1.82, 2.24) is 4.90 Å². The number of hydrogen-bond donors (Lipinski definition) is 1. The average Bonchev–Trinajstić information content (AvgIpc) is 3.11. The Labute approximate surface area is 157 Å². The van der Waals surface area contributed by atoms with Crippen LogP contribution in [0.4, 0.5) is 5.69 Å². The van der Waals surface area contributed by atoms with Crippen LogP contribution in [0.5, 0.6) is 0 Å². The van der Waals surface area contributed by atoms with Crippen molar-refractivity contribution in [2.24, 2.45) is 5.92 Å². The molecule has 0 bridgehead atoms. The van der Waals surface area contributed by atoms with Crippen molar-refractivity contribution in [2.45, 2.75) is 53.5 Å². The summed E-state index contributed by atoms with van der Waals surface area (Å²) in [7, 11) is 0. The predicted molar refractivity (Wildman–Crippen MR) is 110 cm³/mol. The number of furan rings is 1. The molecule has 0 saturated heterocycles. The molecule has 1 aromatic carbocycles. The van der Waals surface area contributed by atoms with E-state index in [0.29, 0.717) is 5.92 Å². The summed E-state index contributed by atoms with van der Waals surface area (Å²) >= 11 is 5.80. The second-order valence-corrected chi connectivity index (χ2v) is 7.35. The van der Waals surface area contributed by atoms with Gasteiger partial charge in [0.25, 0.3) is 0 Å². The van der Waals surface area contributed by atoms with Crippen LogP contribution < -0.4 is 5.32 Å². The minimum absolute atomic E-state index is 0.0999. The highest BCUT2D eigenvalue weighted by atomic mass is 32.1. The van der Waals surface area contributed by atoms with Crippen molar-refractivity contribution >= 4 is 23.0 Å². The van der Waals surface area contributed by atoms with E-state index >= 15 is 0 Å². The lowest BCUT2D eigenvalue weighted by atomic mass is 10.1. The van der Waals surface area contributed by atoms with E-state index in [9.17, 15) is 0 Å². The molecule has 0 aliphatic heterocycles. The van der Waals surface area contributed by atoms with Gasteiger partial charge in [0.15, 0.2) is 5.11 Å². The Balaban J connectivity index is 2.23. The van der Waals surface area contributed by atoms with Gasteiger partial charge < -0.3 is 14.6 Å². The summed E-state index contributed by atoms with van der Waals surface area (Å²) < 4.78 is 5.62. The third-order valence-electron chi connectivity index (χ3n) is 4.60. The minimum Gasteiger partial charge on any atom is -0.467 e. The van der Waals surface area contributed by atoms with Crippen LogP contribution in [0.15, 0.2) is 41.0 Å². The molecule has 25 heavy (non-hydrogen) atoms. The number of nitrogens with zero attached hydrogens (tertiary/aromatic N) is 1. The molecule has 136 valence electrons. The lowest BCUT2D eigenvalue weighted by Crippen LogP contribution is -2.38. The molecule has 1 aromatic heterocycles. The van der Waals surface area contributed by atoms with Gasteiger partial charge in [-0.05, 0) is 68.1 Å². The van der Waals surface area contributed by atoms with Crippen LogP contribution in [0, 0.1) is 12.8 Å². The van der Waals surface area contributed by atoms with Gasteiger partial charge in [-0.15, -0.1) is 0 Å². The van der Waals surface area contributed by atoms with E-state index in [1.807, 2.05) is 12.1 Å². The van der Waals surface area contributed by atoms with Crippen LogP contribution in [0.3, 0.4) is 0 Å². The van der Waals surface area contributed by atoms with Gasteiger partial charge in [-0.2, -0.15) is 0 Å². The van der Waals surface area contributed by atoms with Crippen LogP contribution in [0.25, 0.3) is 0 Å². The number of para-hydroxylation sites is 1. The highest BCUT2D eigenvalue weighted by Gasteiger charge is 2.22. The van der Waals surface area contributed by atoms with Gasteiger partial charge in [-0.1, -0.05) is 39.0 Å². The fraction of sp³-hybridized carbons (Fsp3) is 0.476. The Morgan fingerprint density at radius 1 is 1.20 bits per heavy atom. The Hall–Kier alpha value is -1.81. The first-order valence-electron chi connectivity index (χ1n) is 9.13. The first-order valence-corrected chi connectivity index (χ1v) is 9.54. The van der Waals surface area contributed by atoms with E-state index in [2.05, 4.69) is 63.0 Å². The van der Waals surface area contributed by atoms with Crippen molar-refractivity contribution in [3.05, 3.63) is 53.5 Å². The summed E-state index contributed by atoms with van der Waals surface area (Å²) in [6.45, 7) is 11.8. The Morgan fingerprint density at radius 3 is 2.56 bits per heavy atom. The molecule has 1 heterocycles.